The van der Waals surface area contributed by atoms with Crippen LogP contribution < -0.4 is 9.47 Å². The van der Waals surface area contributed by atoms with Gasteiger partial charge in [-0.3, -0.25) is 4.79 Å². The molecule has 166 valence electrons. The summed E-state index contributed by atoms with van der Waals surface area (Å²) in [7, 11) is 0. The van der Waals surface area contributed by atoms with E-state index in [4.69, 9.17) is 18.3 Å². The van der Waals surface area contributed by atoms with E-state index in [0.29, 0.717) is 40.4 Å². The largest absolute Gasteiger partial charge is 0.467 e. The lowest BCUT2D eigenvalue weighted by Gasteiger charge is -2.19. The third-order valence-electron chi connectivity index (χ3n) is 5.19. The van der Waals surface area contributed by atoms with E-state index in [1.807, 2.05) is 35.7 Å². The molecule has 0 spiro atoms. The van der Waals surface area contributed by atoms with Crippen LogP contribution in [0.25, 0.3) is 11.5 Å². The molecule has 0 fully saturated rings. The molecule has 2 aliphatic heterocycles. The zero-order valence-corrected chi connectivity index (χ0v) is 18.7. The average Bonchev–Trinajstić information content (AvgIpc) is 3.67. The molecular weight excluding hydrogens is 464 g/mol. The van der Waals surface area contributed by atoms with Crippen LogP contribution in [-0.2, 0) is 4.79 Å². The van der Waals surface area contributed by atoms with Gasteiger partial charge >= 0.3 is 0 Å². The van der Waals surface area contributed by atoms with Crippen molar-refractivity contribution < 1.29 is 23.1 Å². The summed E-state index contributed by atoms with van der Waals surface area (Å²) in [6.07, 6.45) is 2.20. The third-order valence-corrected chi connectivity index (χ3v) is 6.91. The van der Waals surface area contributed by atoms with Crippen molar-refractivity contribution in [1.82, 2.24) is 15.2 Å². The van der Waals surface area contributed by atoms with E-state index < -0.39 is 0 Å². The van der Waals surface area contributed by atoms with Crippen molar-refractivity contribution in [3.63, 3.8) is 0 Å². The molecule has 1 atom stereocenters. The first-order valence-corrected chi connectivity index (χ1v) is 11.9. The van der Waals surface area contributed by atoms with Crippen LogP contribution in [0, 0.1) is 0 Å². The number of thiophene rings is 1. The number of nitrogens with zero attached hydrogens (tertiary/aromatic N) is 4. The van der Waals surface area contributed by atoms with Crippen molar-refractivity contribution in [3.05, 3.63) is 64.7 Å². The zero-order valence-electron chi connectivity index (χ0n) is 17.0. The van der Waals surface area contributed by atoms with Gasteiger partial charge in [-0.15, -0.1) is 21.5 Å². The molecule has 0 saturated heterocycles. The monoisotopic (exact) mass is 480 g/mol. The van der Waals surface area contributed by atoms with E-state index in [-0.39, 0.29) is 24.5 Å². The highest BCUT2D eigenvalue weighted by Gasteiger charge is 2.35. The number of carbonyl (C=O) groups is 1. The smallest absolute Gasteiger partial charge is 0.277 e. The summed E-state index contributed by atoms with van der Waals surface area (Å²) in [4.78, 5) is 14.1. The summed E-state index contributed by atoms with van der Waals surface area (Å²) in [6.45, 7) is 0.192. The van der Waals surface area contributed by atoms with Gasteiger partial charge in [0.2, 0.25) is 12.7 Å². The Morgan fingerprint density at radius 1 is 1.15 bits per heavy atom. The molecule has 11 heteroatoms. The summed E-state index contributed by atoms with van der Waals surface area (Å²) >= 11 is 2.77. The van der Waals surface area contributed by atoms with E-state index in [2.05, 4.69) is 15.3 Å². The minimum absolute atomic E-state index is 0.0984. The molecule has 0 bridgehead atoms. The highest BCUT2D eigenvalue weighted by atomic mass is 32.2. The van der Waals surface area contributed by atoms with Gasteiger partial charge in [0.1, 0.15) is 11.8 Å². The number of hydrogen-bond donors (Lipinski definition) is 0. The number of fused-ring (bicyclic) bond motifs is 1. The molecule has 0 saturated carbocycles. The lowest BCUT2D eigenvalue weighted by Crippen LogP contribution is -2.28. The first-order valence-electron chi connectivity index (χ1n) is 10.1. The maximum atomic E-state index is 13.1. The van der Waals surface area contributed by atoms with E-state index >= 15 is 0 Å². The maximum absolute atomic E-state index is 13.1. The fraction of sp³-hybridized carbons (Fsp3) is 0.182. The van der Waals surface area contributed by atoms with Crippen molar-refractivity contribution >= 4 is 34.7 Å². The Morgan fingerprint density at radius 3 is 2.94 bits per heavy atom. The number of hydrazone groups is 1. The zero-order chi connectivity index (χ0) is 22.2. The van der Waals surface area contributed by atoms with Gasteiger partial charge in [0, 0.05) is 12.0 Å². The van der Waals surface area contributed by atoms with Gasteiger partial charge in [0.25, 0.3) is 11.1 Å². The molecule has 4 aromatic rings. The molecule has 1 aromatic carbocycles. The van der Waals surface area contributed by atoms with E-state index in [9.17, 15) is 4.79 Å². The predicted molar refractivity (Wildman–Crippen MR) is 120 cm³/mol. The molecule has 0 radical (unpaired) electrons. The van der Waals surface area contributed by atoms with Gasteiger partial charge in [-0.25, -0.2) is 5.01 Å². The van der Waals surface area contributed by atoms with Crippen LogP contribution in [-0.4, -0.2) is 39.4 Å². The van der Waals surface area contributed by atoms with Gasteiger partial charge in [0.15, 0.2) is 11.5 Å². The number of carbonyl (C=O) groups excluding carboxylic acids is 1. The minimum Gasteiger partial charge on any atom is -0.467 e. The number of aromatic nitrogens is 2. The highest BCUT2D eigenvalue weighted by molar-refractivity contribution is 7.99. The lowest BCUT2D eigenvalue weighted by molar-refractivity contribution is -0.130. The Balaban J connectivity index is 1.17. The molecule has 0 N–H and O–H groups in total. The molecular formula is C22H16N4O5S2. The highest BCUT2D eigenvalue weighted by Crippen LogP contribution is 2.37. The number of benzene rings is 1. The Morgan fingerprint density at radius 2 is 2.09 bits per heavy atom. The number of hydrogen-bond acceptors (Lipinski definition) is 10. The van der Waals surface area contributed by atoms with Crippen molar-refractivity contribution in [3.8, 4) is 23.0 Å². The van der Waals surface area contributed by atoms with Crippen LogP contribution in [0.1, 0.15) is 23.1 Å². The van der Waals surface area contributed by atoms with Crippen LogP contribution in [0.5, 0.6) is 11.5 Å². The van der Waals surface area contributed by atoms with E-state index in [1.165, 1.54) is 16.8 Å². The molecule has 33 heavy (non-hydrogen) atoms. The topological polar surface area (TPSA) is 103 Å². The number of furan rings is 1. The van der Waals surface area contributed by atoms with E-state index in [0.717, 1.165) is 10.6 Å². The average molecular weight is 481 g/mol. The van der Waals surface area contributed by atoms with Crippen LogP contribution in [0.15, 0.2) is 73.3 Å². The second-order valence-electron chi connectivity index (χ2n) is 7.23. The fourth-order valence-electron chi connectivity index (χ4n) is 3.64. The number of amides is 1. The second kappa shape index (κ2) is 8.41. The van der Waals surface area contributed by atoms with Crippen LogP contribution in [0.2, 0.25) is 0 Å². The normalized spacial score (nSPS) is 16.9. The predicted octanol–water partition coefficient (Wildman–Crippen LogP) is 4.59. The molecule has 6 rings (SSSR count). The van der Waals surface area contributed by atoms with Gasteiger partial charge in [-0.2, -0.15) is 5.10 Å². The molecule has 0 aliphatic carbocycles. The standard InChI is InChI=1S/C22H16N4O5S2/c27-20(26-15(16-3-1-7-28-16)10-14(25-26)19-4-2-8-32-19)11-33-22-24-23-21(31-22)13-5-6-17-18(9-13)30-12-29-17/h1-9,15H,10-12H2. The van der Waals surface area contributed by atoms with Crippen molar-refractivity contribution in [1.29, 1.82) is 0 Å². The third kappa shape index (κ3) is 3.89. The number of thioether (sulfide) groups is 1. The first-order chi connectivity index (χ1) is 16.2. The van der Waals surface area contributed by atoms with Crippen molar-refractivity contribution in [2.24, 2.45) is 5.10 Å². The summed E-state index contributed by atoms with van der Waals surface area (Å²) in [5, 5.41) is 16.5. The number of ether oxygens (including phenoxy) is 2. The summed E-state index contributed by atoms with van der Waals surface area (Å²) in [6, 6.07) is 12.8. The van der Waals surface area contributed by atoms with Crippen LogP contribution in [0.3, 0.4) is 0 Å². The molecule has 5 heterocycles. The summed E-state index contributed by atoms with van der Waals surface area (Å²) in [5.41, 5.74) is 1.58. The van der Waals surface area contributed by atoms with Crippen molar-refractivity contribution in [2.75, 3.05) is 12.5 Å². The van der Waals surface area contributed by atoms with Gasteiger partial charge in [0.05, 0.1) is 22.6 Å². The maximum Gasteiger partial charge on any atom is 0.277 e. The van der Waals surface area contributed by atoms with Crippen molar-refractivity contribution in [2.45, 2.75) is 17.7 Å². The molecule has 1 amide bonds. The minimum atomic E-state index is -0.280. The molecule has 9 nitrogen and oxygen atoms in total. The summed E-state index contributed by atoms with van der Waals surface area (Å²) in [5.74, 6) is 2.28. The first kappa shape index (κ1) is 20.1. The Labute approximate surface area is 196 Å². The molecule has 1 unspecified atom stereocenters. The van der Waals surface area contributed by atoms with Gasteiger partial charge in [-0.05, 0) is 41.8 Å². The Hall–Kier alpha value is -3.57. The quantitative estimate of drug-likeness (QED) is 0.369. The SMILES string of the molecule is O=C(CSc1nnc(-c2ccc3c(c2)OCO3)o1)N1N=C(c2cccs2)CC1c1ccco1. The van der Waals surface area contributed by atoms with Crippen LogP contribution in [0.4, 0.5) is 0 Å². The summed E-state index contributed by atoms with van der Waals surface area (Å²) < 4.78 is 22.0. The Kier molecular flexibility index (Phi) is 5.11. The fourth-order valence-corrected chi connectivity index (χ4v) is 4.98. The van der Waals surface area contributed by atoms with Crippen LogP contribution >= 0.6 is 23.1 Å². The molecule has 3 aromatic heterocycles. The lowest BCUT2D eigenvalue weighted by atomic mass is 10.1. The number of rotatable bonds is 6. The Bertz CT molecular complexity index is 1320. The second-order valence-corrected chi connectivity index (χ2v) is 9.10. The molecule has 2 aliphatic rings. The van der Waals surface area contributed by atoms with Gasteiger partial charge in [-0.1, -0.05) is 17.8 Å². The van der Waals surface area contributed by atoms with E-state index in [1.54, 1.807) is 29.7 Å². The van der Waals surface area contributed by atoms with Gasteiger partial charge < -0.3 is 18.3 Å².